The summed E-state index contributed by atoms with van der Waals surface area (Å²) in [4.78, 5) is 13.8. The number of Topliss-reactive ketones (excluding diaryl/α,β-unsaturated/α-hetero) is 1. The van der Waals surface area contributed by atoms with Crippen LogP contribution in [0, 0.1) is 5.92 Å². The minimum absolute atomic E-state index is 0.0197. The predicted molar refractivity (Wildman–Crippen MR) is 120 cm³/mol. The Kier molecular flexibility index (Phi) is 18.7. The Labute approximate surface area is 167 Å². The number of likely N-dealkylation sites (N-methyl/N-ethyl adjacent to an activating group) is 1. The van der Waals surface area contributed by atoms with Gasteiger partial charge < -0.3 is 10.0 Å². The highest BCUT2D eigenvalue weighted by atomic mass is 16.3. The summed E-state index contributed by atoms with van der Waals surface area (Å²) in [5, 5.41) is 9.10. The fraction of sp³-hybridized carbons (Fsp3) is 0.458. The number of aliphatic hydroxyl groups is 1. The summed E-state index contributed by atoms with van der Waals surface area (Å²) in [7, 11) is 1.95. The Morgan fingerprint density at radius 3 is 2.30 bits per heavy atom. The zero-order chi connectivity index (χ0) is 21.1. The maximum Gasteiger partial charge on any atom is 0.160 e. The van der Waals surface area contributed by atoms with Gasteiger partial charge in [0.2, 0.25) is 0 Å². The molecule has 2 atom stereocenters. The van der Waals surface area contributed by atoms with E-state index in [1.54, 1.807) is 12.2 Å². The number of hydrogen-bond acceptors (Lipinski definition) is 3. The minimum atomic E-state index is -0.412. The van der Waals surface area contributed by atoms with E-state index in [4.69, 9.17) is 5.11 Å². The highest BCUT2D eigenvalue weighted by Gasteiger charge is 2.24. The Hall–Kier alpha value is -2.13. The van der Waals surface area contributed by atoms with Gasteiger partial charge in [-0.15, -0.1) is 0 Å². The summed E-state index contributed by atoms with van der Waals surface area (Å²) in [5.74, 6) is 0.171. The van der Waals surface area contributed by atoms with Gasteiger partial charge in [-0.2, -0.15) is 0 Å². The maximum atomic E-state index is 11.8. The molecule has 0 radical (unpaired) electrons. The monoisotopic (exact) mass is 373 g/mol. The van der Waals surface area contributed by atoms with Crippen LogP contribution in [0.5, 0.6) is 0 Å². The molecule has 0 aromatic rings. The number of ketones is 1. The SMILES string of the molecule is C=C/C=C\C=C\CCCC(C)C(CC(=O)CO)N(C)C(=C)/C=C\C=C.CC. The standard InChI is InChI=1S/C22H33NO2.C2H6/c1-6-8-10-11-12-13-14-15-19(3)22(17-21(25)18-24)23(5)20(4)16-9-7-2;1-2/h6-12,16,19,22,24H,1-2,4,13-15,17-18H2,3,5H3;1-2H3/b10-8-,12-11+,16-9-;. The number of allylic oxidation sites excluding steroid dienone is 8. The fourth-order valence-electron chi connectivity index (χ4n) is 2.59. The molecule has 0 rings (SSSR count). The molecule has 3 nitrogen and oxygen atoms in total. The number of carbonyl (C=O) groups excluding carboxylic acids is 1. The molecule has 0 aliphatic carbocycles. The van der Waals surface area contributed by atoms with Crippen LogP contribution >= 0.6 is 0 Å². The number of carbonyl (C=O) groups is 1. The van der Waals surface area contributed by atoms with E-state index in [0.717, 1.165) is 25.0 Å². The van der Waals surface area contributed by atoms with E-state index in [1.165, 1.54) is 0 Å². The first-order valence-corrected chi connectivity index (χ1v) is 9.75. The van der Waals surface area contributed by atoms with Crippen LogP contribution in [0.3, 0.4) is 0 Å². The number of hydrogen-bond donors (Lipinski definition) is 1. The van der Waals surface area contributed by atoms with Crippen LogP contribution < -0.4 is 0 Å². The molecule has 0 saturated heterocycles. The fourth-order valence-corrected chi connectivity index (χ4v) is 2.59. The van der Waals surface area contributed by atoms with E-state index < -0.39 is 6.61 Å². The van der Waals surface area contributed by atoms with Gasteiger partial charge in [-0.05, 0) is 31.3 Å². The molecule has 0 aromatic carbocycles. The van der Waals surface area contributed by atoms with Crippen LogP contribution in [0.2, 0.25) is 0 Å². The van der Waals surface area contributed by atoms with Gasteiger partial charge in [-0.3, -0.25) is 4.79 Å². The summed E-state index contributed by atoms with van der Waals surface area (Å²) >= 11 is 0. The molecule has 0 heterocycles. The first-order valence-electron chi connectivity index (χ1n) is 9.75. The number of aliphatic hydroxyl groups excluding tert-OH is 1. The lowest BCUT2D eigenvalue weighted by molar-refractivity contribution is -0.123. The van der Waals surface area contributed by atoms with Crippen LogP contribution in [0.1, 0.15) is 46.5 Å². The van der Waals surface area contributed by atoms with Gasteiger partial charge in [0.05, 0.1) is 0 Å². The first-order chi connectivity index (χ1) is 13.0. The Bertz CT molecular complexity index is 514. The molecule has 1 N–H and O–H groups in total. The van der Waals surface area contributed by atoms with Crippen molar-refractivity contribution in [2.45, 2.75) is 52.5 Å². The van der Waals surface area contributed by atoms with Crippen molar-refractivity contribution < 1.29 is 9.90 Å². The first kappa shape index (κ1) is 27.1. The zero-order valence-electron chi connectivity index (χ0n) is 17.7. The summed E-state index contributed by atoms with van der Waals surface area (Å²) in [5.41, 5.74) is 0.831. The maximum absolute atomic E-state index is 11.8. The third kappa shape index (κ3) is 13.7. The Balaban J connectivity index is 0. The number of nitrogens with zero attached hydrogens (tertiary/aromatic N) is 1. The Morgan fingerprint density at radius 2 is 1.74 bits per heavy atom. The number of unbranched alkanes of at least 4 members (excludes halogenated alkanes) is 1. The summed E-state index contributed by atoms with van der Waals surface area (Å²) in [6.45, 7) is 17.1. The van der Waals surface area contributed by atoms with Crippen molar-refractivity contribution in [3.05, 3.63) is 74.0 Å². The van der Waals surface area contributed by atoms with Gasteiger partial charge in [0.25, 0.3) is 0 Å². The number of rotatable bonds is 14. The summed E-state index contributed by atoms with van der Waals surface area (Å²) in [6, 6.07) is 0.0197. The van der Waals surface area contributed by atoms with Crippen molar-refractivity contribution in [1.82, 2.24) is 4.90 Å². The topological polar surface area (TPSA) is 40.5 Å². The van der Waals surface area contributed by atoms with Crippen LogP contribution in [-0.4, -0.2) is 35.5 Å². The van der Waals surface area contributed by atoms with Gasteiger partial charge >= 0.3 is 0 Å². The van der Waals surface area contributed by atoms with Gasteiger partial charge in [-0.25, -0.2) is 0 Å². The molecule has 0 bridgehead atoms. The largest absolute Gasteiger partial charge is 0.389 e. The van der Waals surface area contributed by atoms with Gasteiger partial charge in [-0.1, -0.05) is 83.0 Å². The van der Waals surface area contributed by atoms with Crippen LogP contribution in [0.4, 0.5) is 0 Å². The lowest BCUT2D eigenvalue weighted by Crippen LogP contribution is -2.38. The van der Waals surface area contributed by atoms with Crippen molar-refractivity contribution in [3.63, 3.8) is 0 Å². The second-order valence-electron chi connectivity index (χ2n) is 6.12. The molecule has 0 spiro atoms. The third-order valence-corrected chi connectivity index (χ3v) is 4.17. The van der Waals surface area contributed by atoms with Gasteiger partial charge in [0.15, 0.2) is 5.78 Å². The molecule has 0 aliphatic rings. The molecule has 0 aliphatic heterocycles. The molecule has 152 valence electrons. The van der Waals surface area contributed by atoms with Crippen molar-refractivity contribution in [3.8, 4) is 0 Å². The quantitative estimate of drug-likeness (QED) is 0.317. The Morgan fingerprint density at radius 1 is 1.11 bits per heavy atom. The smallest absolute Gasteiger partial charge is 0.160 e. The van der Waals surface area contributed by atoms with E-state index in [0.29, 0.717) is 12.3 Å². The molecule has 2 unspecified atom stereocenters. The van der Waals surface area contributed by atoms with Crippen LogP contribution in [0.15, 0.2) is 74.0 Å². The molecule has 0 fully saturated rings. The summed E-state index contributed by atoms with van der Waals surface area (Å²) in [6.07, 6.45) is 18.5. The molecule has 0 amide bonds. The van der Waals surface area contributed by atoms with Crippen molar-refractivity contribution >= 4 is 5.78 Å². The molecule has 0 aromatic heterocycles. The molecular weight excluding hydrogens is 334 g/mol. The van der Waals surface area contributed by atoms with Crippen LogP contribution in [0.25, 0.3) is 0 Å². The molecular formula is C24H39NO2. The molecule has 0 saturated carbocycles. The zero-order valence-corrected chi connectivity index (χ0v) is 17.7. The second kappa shape index (κ2) is 18.7. The van der Waals surface area contributed by atoms with Crippen molar-refractivity contribution in [1.29, 1.82) is 0 Å². The second-order valence-corrected chi connectivity index (χ2v) is 6.12. The van der Waals surface area contributed by atoms with Gasteiger partial charge in [0.1, 0.15) is 6.61 Å². The highest BCUT2D eigenvalue weighted by Crippen LogP contribution is 2.23. The van der Waals surface area contributed by atoms with Crippen molar-refractivity contribution in [2.24, 2.45) is 5.92 Å². The third-order valence-electron chi connectivity index (χ3n) is 4.17. The molecule has 3 heteroatoms. The normalized spacial score (nSPS) is 13.2. The highest BCUT2D eigenvalue weighted by molar-refractivity contribution is 5.80. The predicted octanol–water partition coefficient (Wildman–Crippen LogP) is 5.63. The van der Waals surface area contributed by atoms with Crippen LogP contribution in [-0.2, 0) is 4.79 Å². The average Bonchev–Trinajstić information content (AvgIpc) is 2.69. The lowest BCUT2D eigenvalue weighted by atomic mass is 9.90. The minimum Gasteiger partial charge on any atom is -0.389 e. The van der Waals surface area contributed by atoms with E-state index in [-0.39, 0.29) is 11.8 Å². The molecule has 27 heavy (non-hydrogen) atoms. The van der Waals surface area contributed by atoms with E-state index in [2.05, 4.69) is 32.7 Å². The van der Waals surface area contributed by atoms with E-state index in [9.17, 15) is 4.79 Å². The average molecular weight is 374 g/mol. The van der Waals surface area contributed by atoms with E-state index in [1.807, 2.05) is 56.2 Å². The summed E-state index contributed by atoms with van der Waals surface area (Å²) < 4.78 is 0. The lowest BCUT2D eigenvalue weighted by Gasteiger charge is -2.34. The van der Waals surface area contributed by atoms with E-state index >= 15 is 0 Å². The van der Waals surface area contributed by atoms with Gasteiger partial charge in [0, 0.05) is 25.2 Å². The van der Waals surface area contributed by atoms with Crippen molar-refractivity contribution in [2.75, 3.05) is 13.7 Å².